The predicted molar refractivity (Wildman–Crippen MR) is 125 cm³/mol. The van der Waals surface area contributed by atoms with Crippen molar-refractivity contribution in [1.82, 2.24) is 0 Å². The lowest BCUT2D eigenvalue weighted by molar-refractivity contribution is 0.160. The van der Waals surface area contributed by atoms with E-state index in [0.717, 1.165) is 43.2 Å². The zero-order valence-electron chi connectivity index (χ0n) is 17.9. The van der Waals surface area contributed by atoms with Gasteiger partial charge in [-0.1, -0.05) is 43.3 Å². The summed E-state index contributed by atoms with van der Waals surface area (Å²) in [6, 6.07) is 14.9. The maximum atomic E-state index is 9.79. The maximum Gasteiger partial charge on any atom is 0.0685 e. The largest absolute Gasteiger partial charge is 0.393 e. The van der Waals surface area contributed by atoms with Crippen LogP contribution in [-0.2, 0) is 32.5 Å². The van der Waals surface area contributed by atoms with Crippen molar-refractivity contribution in [2.24, 2.45) is 0 Å². The molecular formula is C26H32O3S. The van der Waals surface area contributed by atoms with Gasteiger partial charge in [0.15, 0.2) is 0 Å². The molecule has 1 aromatic heterocycles. The molecule has 0 amide bonds. The first-order valence-corrected chi connectivity index (χ1v) is 11.6. The van der Waals surface area contributed by atoms with Crippen molar-refractivity contribution in [2.75, 3.05) is 0 Å². The molecule has 0 aliphatic rings. The summed E-state index contributed by atoms with van der Waals surface area (Å²) in [5, 5.41) is 30.9. The molecule has 0 saturated carbocycles. The molecule has 3 aromatic rings. The Kier molecular flexibility index (Phi) is 8.23. The minimum absolute atomic E-state index is 0.0403. The Labute approximate surface area is 183 Å². The standard InChI is InChI=1S/C26H32O3S/c1-3-24(29)10-7-19-8-11-25(18(2)12-19)26-14-21(17-30-26)5-4-20-6-9-22(15-27)23(13-20)16-28/h6,8-9,11-14,17,24,27-29H,3-5,7,10,15-16H2,1-2H3. The summed E-state index contributed by atoms with van der Waals surface area (Å²) in [5.74, 6) is 0. The van der Waals surface area contributed by atoms with Gasteiger partial charge in [-0.05, 0) is 89.4 Å². The van der Waals surface area contributed by atoms with Gasteiger partial charge < -0.3 is 15.3 Å². The number of rotatable bonds is 10. The van der Waals surface area contributed by atoms with E-state index in [1.54, 1.807) is 11.3 Å². The van der Waals surface area contributed by atoms with E-state index in [1.165, 1.54) is 32.7 Å². The first-order chi connectivity index (χ1) is 14.5. The quantitative estimate of drug-likeness (QED) is 0.419. The van der Waals surface area contributed by atoms with E-state index < -0.39 is 0 Å². The zero-order valence-corrected chi connectivity index (χ0v) is 18.7. The van der Waals surface area contributed by atoms with E-state index in [0.29, 0.717) is 0 Å². The van der Waals surface area contributed by atoms with E-state index in [9.17, 15) is 15.3 Å². The Balaban J connectivity index is 1.65. The molecule has 0 radical (unpaired) electrons. The molecule has 0 spiro atoms. The molecule has 1 heterocycles. The summed E-state index contributed by atoms with van der Waals surface area (Å²) in [5.41, 5.74) is 7.94. The van der Waals surface area contributed by atoms with Gasteiger partial charge in [0.1, 0.15) is 0 Å². The number of aliphatic hydroxyl groups excluding tert-OH is 3. The van der Waals surface area contributed by atoms with E-state index in [4.69, 9.17) is 0 Å². The lowest BCUT2D eigenvalue weighted by atomic mass is 9.98. The fourth-order valence-corrected chi connectivity index (χ4v) is 4.81. The summed E-state index contributed by atoms with van der Waals surface area (Å²) in [7, 11) is 0. The lowest BCUT2D eigenvalue weighted by Gasteiger charge is -2.10. The van der Waals surface area contributed by atoms with Gasteiger partial charge in [-0.15, -0.1) is 11.3 Å². The number of hydrogen-bond donors (Lipinski definition) is 3. The molecule has 1 unspecified atom stereocenters. The molecule has 0 aliphatic carbocycles. The number of thiophene rings is 1. The SMILES string of the molecule is CCC(O)CCc1ccc(-c2cc(CCc3ccc(CO)c(CO)c3)cs2)c(C)c1. The fourth-order valence-electron chi connectivity index (χ4n) is 3.77. The van der Waals surface area contributed by atoms with Crippen LogP contribution in [0.2, 0.25) is 0 Å². The summed E-state index contributed by atoms with van der Waals surface area (Å²) in [6.45, 7) is 4.09. The van der Waals surface area contributed by atoms with Crippen molar-refractivity contribution < 1.29 is 15.3 Å². The van der Waals surface area contributed by atoms with Crippen LogP contribution in [-0.4, -0.2) is 21.4 Å². The second-order valence-electron chi connectivity index (χ2n) is 7.99. The molecule has 3 rings (SSSR count). The average Bonchev–Trinajstić information content (AvgIpc) is 3.24. The molecule has 30 heavy (non-hydrogen) atoms. The van der Waals surface area contributed by atoms with E-state index >= 15 is 0 Å². The van der Waals surface area contributed by atoms with Crippen LogP contribution in [0.5, 0.6) is 0 Å². The second kappa shape index (κ2) is 10.9. The number of aliphatic hydroxyl groups is 3. The molecule has 0 fully saturated rings. The van der Waals surface area contributed by atoms with Gasteiger partial charge in [-0.2, -0.15) is 0 Å². The third-order valence-electron chi connectivity index (χ3n) is 5.76. The van der Waals surface area contributed by atoms with Crippen molar-refractivity contribution >= 4 is 11.3 Å². The first kappa shape index (κ1) is 22.7. The third-order valence-corrected chi connectivity index (χ3v) is 6.77. The lowest BCUT2D eigenvalue weighted by Crippen LogP contribution is -2.05. The molecule has 3 N–H and O–H groups in total. The monoisotopic (exact) mass is 424 g/mol. The van der Waals surface area contributed by atoms with Gasteiger partial charge in [0.25, 0.3) is 0 Å². The van der Waals surface area contributed by atoms with Crippen LogP contribution < -0.4 is 0 Å². The number of benzene rings is 2. The predicted octanol–water partition coefficient (Wildman–Crippen LogP) is 5.20. The molecule has 2 aromatic carbocycles. The van der Waals surface area contributed by atoms with Gasteiger partial charge in [-0.25, -0.2) is 0 Å². The number of aryl methyl sites for hydroxylation is 4. The molecule has 0 aliphatic heterocycles. The zero-order chi connectivity index (χ0) is 21.5. The summed E-state index contributed by atoms with van der Waals surface area (Å²) in [4.78, 5) is 1.29. The Morgan fingerprint density at radius 2 is 1.53 bits per heavy atom. The molecule has 160 valence electrons. The van der Waals surface area contributed by atoms with Crippen LogP contribution in [0.4, 0.5) is 0 Å². The highest BCUT2D eigenvalue weighted by Gasteiger charge is 2.09. The van der Waals surface area contributed by atoms with Gasteiger partial charge in [0.2, 0.25) is 0 Å². The summed E-state index contributed by atoms with van der Waals surface area (Å²) < 4.78 is 0. The molecule has 3 nitrogen and oxygen atoms in total. The smallest absolute Gasteiger partial charge is 0.0685 e. The highest BCUT2D eigenvalue weighted by Crippen LogP contribution is 2.31. The minimum Gasteiger partial charge on any atom is -0.393 e. The fraction of sp³-hybridized carbons (Fsp3) is 0.385. The van der Waals surface area contributed by atoms with Gasteiger partial charge in [0, 0.05) is 4.88 Å². The van der Waals surface area contributed by atoms with Crippen LogP contribution in [0, 0.1) is 6.92 Å². The molecule has 1 atom stereocenters. The molecule has 0 bridgehead atoms. The average molecular weight is 425 g/mol. The van der Waals surface area contributed by atoms with Crippen LogP contribution in [0.15, 0.2) is 47.8 Å². The van der Waals surface area contributed by atoms with Crippen LogP contribution in [0.1, 0.15) is 53.1 Å². The number of hydrogen-bond acceptors (Lipinski definition) is 4. The van der Waals surface area contributed by atoms with Crippen molar-refractivity contribution in [1.29, 1.82) is 0 Å². The van der Waals surface area contributed by atoms with Crippen molar-refractivity contribution in [2.45, 2.75) is 65.3 Å². The van der Waals surface area contributed by atoms with Gasteiger partial charge in [0.05, 0.1) is 19.3 Å². The second-order valence-corrected chi connectivity index (χ2v) is 8.90. The summed E-state index contributed by atoms with van der Waals surface area (Å²) >= 11 is 1.78. The highest BCUT2D eigenvalue weighted by atomic mass is 32.1. The van der Waals surface area contributed by atoms with Crippen LogP contribution in [0.25, 0.3) is 10.4 Å². The van der Waals surface area contributed by atoms with Crippen molar-refractivity contribution in [3.8, 4) is 10.4 Å². The molecule has 0 saturated heterocycles. The van der Waals surface area contributed by atoms with Gasteiger partial charge in [-0.3, -0.25) is 0 Å². The third kappa shape index (κ3) is 5.79. The van der Waals surface area contributed by atoms with E-state index in [1.807, 2.05) is 25.1 Å². The Morgan fingerprint density at radius 1 is 0.833 bits per heavy atom. The topological polar surface area (TPSA) is 60.7 Å². The Hall–Kier alpha value is -1.98. The molecule has 4 heteroatoms. The Morgan fingerprint density at radius 3 is 2.23 bits per heavy atom. The van der Waals surface area contributed by atoms with Crippen molar-refractivity contribution in [3.63, 3.8) is 0 Å². The minimum atomic E-state index is -0.210. The summed E-state index contributed by atoms with van der Waals surface area (Å²) in [6.07, 6.45) is 4.19. The van der Waals surface area contributed by atoms with Crippen molar-refractivity contribution in [3.05, 3.63) is 81.2 Å². The van der Waals surface area contributed by atoms with Gasteiger partial charge >= 0.3 is 0 Å². The Bertz CT molecular complexity index is 961. The van der Waals surface area contributed by atoms with Crippen LogP contribution in [0.3, 0.4) is 0 Å². The molecular weight excluding hydrogens is 392 g/mol. The first-order valence-electron chi connectivity index (χ1n) is 10.7. The normalized spacial score (nSPS) is 12.3. The van der Waals surface area contributed by atoms with E-state index in [-0.39, 0.29) is 19.3 Å². The highest BCUT2D eigenvalue weighted by molar-refractivity contribution is 7.13. The van der Waals surface area contributed by atoms with Crippen LogP contribution >= 0.6 is 11.3 Å². The maximum absolute atomic E-state index is 9.79. The van der Waals surface area contributed by atoms with E-state index in [2.05, 4.69) is 36.6 Å².